The molecule has 4 heterocycles. The molecule has 1 aromatic carbocycles. The van der Waals surface area contributed by atoms with Gasteiger partial charge in [0.25, 0.3) is 0 Å². The third-order valence-corrected chi connectivity index (χ3v) is 6.10. The van der Waals surface area contributed by atoms with Crippen molar-refractivity contribution in [1.82, 2.24) is 19.5 Å². The molecule has 4 aromatic rings. The van der Waals surface area contributed by atoms with Crippen LogP contribution in [0.15, 0.2) is 47.2 Å². The molecule has 0 N–H and O–H groups in total. The Morgan fingerprint density at radius 2 is 2.09 bits per heavy atom. The summed E-state index contributed by atoms with van der Waals surface area (Å²) in [6.07, 6.45) is -0.235. The number of nitrogens with zero attached hydrogens (tertiary/aromatic N) is 4. The summed E-state index contributed by atoms with van der Waals surface area (Å²) >= 11 is 0. The van der Waals surface area contributed by atoms with E-state index < -0.39 is 11.7 Å². The minimum Gasteiger partial charge on any atom is -0.497 e. The number of amides is 1. The smallest absolute Gasteiger partial charge is 0.417 e. The van der Waals surface area contributed by atoms with E-state index in [4.69, 9.17) is 9.15 Å². The molecule has 0 aliphatic carbocycles. The van der Waals surface area contributed by atoms with Crippen molar-refractivity contribution in [2.75, 3.05) is 20.2 Å². The van der Waals surface area contributed by atoms with Crippen LogP contribution in [0.25, 0.3) is 16.6 Å². The number of ether oxygens (including phenoxy) is 1. The Hall–Kier alpha value is -3.56. The Kier molecular flexibility index (Phi) is 5.22. The normalized spacial score (nSPS) is 17.1. The molecule has 1 fully saturated rings. The first-order chi connectivity index (χ1) is 15.8. The lowest BCUT2D eigenvalue weighted by molar-refractivity contribution is -0.137. The van der Waals surface area contributed by atoms with E-state index in [-0.39, 0.29) is 18.2 Å². The molecule has 1 amide bonds. The molecule has 0 spiro atoms. The molecule has 7 nitrogen and oxygen atoms in total. The second-order valence-corrected chi connectivity index (χ2v) is 8.18. The summed E-state index contributed by atoms with van der Waals surface area (Å²) in [6, 6.07) is 7.75. The summed E-state index contributed by atoms with van der Waals surface area (Å²) in [4.78, 5) is 14.8. The van der Waals surface area contributed by atoms with Gasteiger partial charge < -0.3 is 14.1 Å². The highest BCUT2D eigenvalue weighted by atomic mass is 19.4. The topological polar surface area (TPSA) is 72.9 Å². The molecule has 0 unspecified atom stereocenters. The molecular formula is C23H21F3N4O3. The monoisotopic (exact) mass is 458 g/mol. The van der Waals surface area contributed by atoms with Crippen LogP contribution in [-0.4, -0.2) is 45.6 Å². The molecule has 1 atom stereocenters. The molecular weight excluding hydrogens is 437 g/mol. The molecule has 3 aromatic heterocycles. The van der Waals surface area contributed by atoms with Crippen LogP contribution in [0.2, 0.25) is 0 Å². The van der Waals surface area contributed by atoms with Crippen LogP contribution in [0.4, 0.5) is 13.2 Å². The Balaban J connectivity index is 1.35. The number of carbonyl (C=O) groups excluding carboxylic acids is 1. The number of aromatic nitrogens is 3. The minimum absolute atomic E-state index is 0.0666. The van der Waals surface area contributed by atoms with Gasteiger partial charge in [-0.05, 0) is 37.1 Å². The van der Waals surface area contributed by atoms with E-state index in [9.17, 15) is 18.0 Å². The number of methoxy groups -OCH3 is 1. The lowest BCUT2D eigenvalue weighted by Gasteiger charge is -2.32. The van der Waals surface area contributed by atoms with Crippen molar-refractivity contribution in [2.24, 2.45) is 0 Å². The molecule has 0 saturated carbocycles. The van der Waals surface area contributed by atoms with E-state index in [0.29, 0.717) is 35.9 Å². The highest BCUT2D eigenvalue weighted by Crippen LogP contribution is 2.32. The number of piperidine rings is 1. The number of likely N-dealkylation sites (tertiary alicyclic amines) is 1. The number of halogens is 3. The van der Waals surface area contributed by atoms with Crippen LogP contribution < -0.4 is 4.74 Å². The van der Waals surface area contributed by atoms with Gasteiger partial charge in [-0.3, -0.25) is 9.20 Å². The predicted octanol–water partition coefficient (Wildman–Crippen LogP) is 4.45. The molecule has 10 heteroatoms. The maximum absolute atomic E-state index is 13.2. The van der Waals surface area contributed by atoms with E-state index in [0.717, 1.165) is 36.1 Å². The van der Waals surface area contributed by atoms with Gasteiger partial charge in [0.2, 0.25) is 5.91 Å². The molecule has 1 saturated heterocycles. The lowest BCUT2D eigenvalue weighted by atomic mass is 9.96. The Labute approximate surface area is 186 Å². The first-order valence-corrected chi connectivity index (χ1v) is 10.6. The van der Waals surface area contributed by atoms with Crippen LogP contribution in [-0.2, 0) is 17.4 Å². The first kappa shape index (κ1) is 21.3. The van der Waals surface area contributed by atoms with Crippen molar-refractivity contribution in [2.45, 2.75) is 31.4 Å². The Morgan fingerprint density at radius 1 is 1.24 bits per heavy atom. The third kappa shape index (κ3) is 4.01. The summed E-state index contributed by atoms with van der Waals surface area (Å²) in [7, 11) is 1.57. The van der Waals surface area contributed by atoms with Gasteiger partial charge in [-0.15, -0.1) is 10.2 Å². The van der Waals surface area contributed by atoms with Gasteiger partial charge >= 0.3 is 6.18 Å². The highest BCUT2D eigenvalue weighted by Gasteiger charge is 2.33. The molecule has 172 valence electrons. The average molecular weight is 458 g/mol. The van der Waals surface area contributed by atoms with E-state index >= 15 is 0 Å². The molecule has 1 aliphatic heterocycles. The second-order valence-electron chi connectivity index (χ2n) is 8.18. The van der Waals surface area contributed by atoms with Crippen LogP contribution in [0.5, 0.6) is 5.75 Å². The SMILES string of the molecule is COc1ccc2c(CC(=O)N3CCC[C@@H](c4nnc5ccc(C(F)(F)F)cn45)C3)coc2c1. The quantitative estimate of drug-likeness (QED) is 0.452. The summed E-state index contributed by atoms with van der Waals surface area (Å²) in [5.41, 5.74) is 1.01. The first-order valence-electron chi connectivity index (χ1n) is 10.6. The largest absolute Gasteiger partial charge is 0.497 e. The van der Waals surface area contributed by atoms with Crippen molar-refractivity contribution < 1.29 is 27.1 Å². The van der Waals surface area contributed by atoms with Gasteiger partial charge in [0.05, 0.1) is 25.4 Å². The number of carbonyl (C=O) groups is 1. The van der Waals surface area contributed by atoms with E-state index in [1.165, 1.54) is 10.5 Å². The minimum atomic E-state index is -4.46. The fourth-order valence-corrected chi connectivity index (χ4v) is 4.37. The van der Waals surface area contributed by atoms with E-state index in [1.54, 1.807) is 24.3 Å². The van der Waals surface area contributed by atoms with E-state index in [1.807, 2.05) is 12.1 Å². The molecule has 5 rings (SSSR count). The summed E-state index contributed by atoms with van der Waals surface area (Å²) in [5.74, 6) is 0.840. The fraction of sp³-hybridized carbons (Fsp3) is 0.348. The molecule has 0 bridgehead atoms. The zero-order chi connectivity index (χ0) is 23.2. The van der Waals surface area contributed by atoms with Crippen molar-refractivity contribution in [3.05, 3.63) is 59.7 Å². The summed E-state index contributed by atoms with van der Waals surface area (Å²) < 4.78 is 51.7. The number of alkyl halides is 3. The maximum Gasteiger partial charge on any atom is 0.417 e. The number of rotatable bonds is 4. The molecule has 0 radical (unpaired) electrons. The Morgan fingerprint density at radius 3 is 2.88 bits per heavy atom. The number of benzene rings is 1. The van der Waals surface area contributed by atoms with Gasteiger partial charge in [0, 0.05) is 42.2 Å². The van der Waals surface area contributed by atoms with Crippen LogP contribution in [0.3, 0.4) is 0 Å². The van der Waals surface area contributed by atoms with Crippen LogP contribution in [0.1, 0.15) is 35.7 Å². The third-order valence-electron chi connectivity index (χ3n) is 6.10. The zero-order valence-corrected chi connectivity index (χ0v) is 17.8. The number of pyridine rings is 1. The number of hydrogen-bond donors (Lipinski definition) is 0. The summed E-state index contributed by atoms with van der Waals surface area (Å²) in [5, 5.41) is 9.01. The molecule has 1 aliphatic rings. The average Bonchev–Trinajstić information content (AvgIpc) is 3.42. The number of hydrogen-bond acceptors (Lipinski definition) is 5. The van der Waals surface area contributed by atoms with E-state index in [2.05, 4.69) is 10.2 Å². The Bertz CT molecular complexity index is 1330. The van der Waals surface area contributed by atoms with Gasteiger partial charge in [-0.1, -0.05) is 0 Å². The van der Waals surface area contributed by atoms with Gasteiger partial charge in [0.15, 0.2) is 5.65 Å². The highest BCUT2D eigenvalue weighted by molar-refractivity contribution is 5.88. The molecule has 33 heavy (non-hydrogen) atoms. The van der Waals surface area contributed by atoms with Gasteiger partial charge in [0.1, 0.15) is 17.2 Å². The number of fused-ring (bicyclic) bond motifs is 2. The zero-order valence-electron chi connectivity index (χ0n) is 17.8. The number of furan rings is 1. The van der Waals surface area contributed by atoms with Crippen molar-refractivity contribution in [3.8, 4) is 5.75 Å². The van der Waals surface area contributed by atoms with Gasteiger partial charge in [-0.25, -0.2) is 0 Å². The standard InChI is InChI=1S/C23H21F3N4O3/c1-32-17-5-6-18-15(13-33-19(18)10-17)9-21(31)29-8-2-3-14(11-29)22-28-27-20-7-4-16(12-30(20)22)23(24,25)26/h4-7,10,12-14H,2-3,8-9,11H2,1H3/t14-/m1/s1. The van der Waals surface area contributed by atoms with Crippen molar-refractivity contribution in [1.29, 1.82) is 0 Å². The summed E-state index contributed by atoms with van der Waals surface area (Å²) in [6.45, 7) is 0.961. The maximum atomic E-state index is 13.2. The predicted molar refractivity (Wildman–Crippen MR) is 113 cm³/mol. The second kappa shape index (κ2) is 8.09. The van der Waals surface area contributed by atoms with Gasteiger partial charge in [-0.2, -0.15) is 13.2 Å². The fourth-order valence-electron chi connectivity index (χ4n) is 4.37. The lowest BCUT2D eigenvalue weighted by Crippen LogP contribution is -2.40. The van der Waals surface area contributed by atoms with Crippen LogP contribution >= 0.6 is 0 Å². The van der Waals surface area contributed by atoms with Crippen molar-refractivity contribution in [3.63, 3.8) is 0 Å². The van der Waals surface area contributed by atoms with Crippen molar-refractivity contribution >= 4 is 22.5 Å². The van der Waals surface area contributed by atoms with Crippen LogP contribution in [0, 0.1) is 0 Å².